The summed E-state index contributed by atoms with van der Waals surface area (Å²) in [5, 5.41) is 8.82. The highest BCUT2D eigenvalue weighted by atomic mass is 15.1. The minimum Gasteiger partial charge on any atom is -0.299 e. The van der Waals surface area contributed by atoms with Crippen molar-refractivity contribution in [2.75, 3.05) is 13.1 Å². The second kappa shape index (κ2) is 4.85. The smallest absolute Gasteiger partial charge is 0.140 e. The van der Waals surface area contributed by atoms with Gasteiger partial charge < -0.3 is 0 Å². The molecule has 0 spiro atoms. The number of nitrogens with zero attached hydrogens (tertiary/aromatic N) is 3. The Morgan fingerprint density at radius 1 is 1.53 bits per heavy atom. The van der Waals surface area contributed by atoms with Crippen molar-refractivity contribution in [1.82, 2.24) is 9.88 Å². The van der Waals surface area contributed by atoms with Crippen molar-refractivity contribution in [1.29, 1.82) is 5.26 Å². The van der Waals surface area contributed by atoms with E-state index in [0.717, 1.165) is 19.6 Å². The Hall–Kier alpha value is -1.40. The molecule has 3 nitrogen and oxygen atoms in total. The van der Waals surface area contributed by atoms with Crippen molar-refractivity contribution in [3.05, 3.63) is 29.6 Å². The van der Waals surface area contributed by atoms with Crippen LogP contribution in [0, 0.1) is 16.7 Å². The van der Waals surface area contributed by atoms with E-state index in [4.69, 9.17) is 5.26 Å². The SMILES string of the molecule is CC1(C)CCCN(Cc2ccnc(C#N)c2)C1. The maximum atomic E-state index is 8.82. The van der Waals surface area contributed by atoms with Gasteiger partial charge in [-0.25, -0.2) is 4.98 Å². The standard InChI is InChI=1S/C14H19N3/c1-14(2)5-3-7-17(11-14)10-12-4-6-16-13(8-12)9-15/h4,6,8H,3,5,7,10-11H2,1-2H3. The molecular weight excluding hydrogens is 210 g/mol. The van der Waals surface area contributed by atoms with Crippen LogP contribution in [0.1, 0.15) is 37.9 Å². The van der Waals surface area contributed by atoms with Gasteiger partial charge in [0.2, 0.25) is 0 Å². The van der Waals surface area contributed by atoms with Gasteiger partial charge in [0, 0.05) is 19.3 Å². The molecule has 3 heteroatoms. The number of hydrogen-bond acceptors (Lipinski definition) is 3. The van der Waals surface area contributed by atoms with E-state index in [9.17, 15) is 0 Å². The number of aromatic nitrogens is 1. The fourth-order valence-electron chi connectivity index (χ4n) is 2.57. The molecule has 0 amide bonds. The first-order valence-electron chi connectivity index (χ1n) is 6.16. The molecule has 0 aromatic carbocycles. The zero-order chi connectivity index (χ0) is 12.3. The second-order valence-corrected chi connectivity index (χ2v) is 5.64. The van der Waals surface area contributed by atoms with Gasteiger partial charge in [-0.15, -0.1) is 0 Å². The lowest BCUT2D eigenvalue weighted by molar-refractivity contribution is 0.111. The minimum atomic E-state index is 0.420. The number of rotatable bonds is 2. The van der Waals surface area contributed by atoms with Gasteiger partial charge in [-0.3, -0.25) is 4.90 Å². The highest BCUT2D eigenvalue weighted by Crippen LogP contribution is 2.29. The highest BCUT2D eigenvalue weighted by molar-refractivity contribution is 5.25. The summed E-state index contributed by atoms with van der Waals surface area (Å²) in [7, 11) is 0. The molecule has 1 aliphatic rings. The molecule has 2 heterocycles. The number of hydrogen-bond donors (Lipinski definition) is 0. The summed E-state index contributed by atoms with van der Waals surface area (Å²) in [5.74, 6) is 0. The van der Waals surface area contributed by atoms with Crippen molar-refractivity contribution in [2.24, 2.45) is 5.41 Å². The zero-order valence-electron chi connectivity index (χ0n) is 10.6. The average Bonchev–Trinajstić information content (AvgIpc) is 2.28. The van der Waals surface area contributed by atoms with Crippen LogP contribution < -0.4 is 0 Å². The highest BCUT2D eigenvalue weighted by Gasteiger charge is 2.26. The van der Waals surface area contributed by atoms with E-state index < -0.39 is 0 Å². The molecule has 0 bridgehead atoms. The summed E-state index contributed by atoms with van der Waals surface area (Å²) in [5.41, 5.74) is 2.12. The topological polar surface area (TPSA) is 39.9 Å². The molecule has 2 rings (SSSR count). The molecule has 17 heavy (non-hydrogen) atoms. The molecule has 1 aromatic rings. The zero-order valence-corrected chi connectivity index (χ0v) is 10.6. The van der Waals surface area contributed by atoms with Gasteiger partial charge in [0.25, 0.3) is 0 Å². The molecule has 0 atom stereocenters. The molecule has 0 saturated carbocycles. The minimum absolute atomic E-state index is 0.420. The lowest BCUT2D eigenvalue weighted by atomic mass is 9.84. The Morgan fingerprint density at radius 2 is 2.35 bits per heavy atom. The van der Waals surface area contributed by atoms with Crippen molar-refractivity contribution >= 4 is 0 Å². The van der Waals surface area contributed by atoms with Crippen LogP contribution in [0.25, 0.3) is 0 Å². The fourth-order valence-corrected chi connectivity index (χ4v) is 2.57. The Morgan fingerprint density at radius 3 is 3.06 bits per heavy atom. The molecule has 0 unspecified atom stereocenters. The predicted octanol–water partition coefficient (Wildman–Crippen LogP) is 2.58. The maximum absolute atomic E-state index is 8.82. The Bertz CT molecular complexity index is 431. The number of likely N-dealkylation sites (tertiary alicyclic amines) is 1. The quantitative estimate of drug-likeness (QED) is 0.782. The number of piperidine rings is 1. The van der Waals surface area contributed by atoms with Crippen molar-refractivity contribution in [2.45, 2.75) is 33.2 Å². The number of pyridine rings is 1. The van der Waals surface area contributed by atoms with Crippen LogP contribution in [-0.4, -0.2) is 23.0 Å². The van der Waals surface area contributed by atoms with E-state index in [1.807, 2.05) is 12.1 Å². The van der Waals surface area contributed by atoms with Crippen LogP contribution in [0.2, 0.25) is 0 Å². The van der Waals surface area contributed by atoms with E-state index in [2.05, 4.69) is 29.8 Å². The molecular formula is C14H19N3. The van der Waals surface area contributed by atoms with Crippen LogP contribution in [-0.2, 0) is 6.54 Å². The summed E-state index contributed by atoms with van der Waals surface area (Å²) < 4.78 is 0. The number of nitriles is 1. The van der Waals surface area contributed by atoms with Crippen LogP contribution in [0.5, 0.6) is 0 Å². The molecule has 0 N–H and O–H groups in total. The van der Waals surface area contributed by atoms with Crippen molar-refractivity contribution in [3.63, 3.8) is 0 Å². The molecule has 1 fully saturated rings. The largest absolute Gasteiger partial charge is 0.299 e. The van der Waals surface area contributed by atoms with Crippen LogP contribution in [0.3, 0.4) is 0 Å². The van der Waals surface area contributed by atoms with Gasteiger partial charge in [-0.05, 0) is 42.5 Å². The Kier molecular flexibility index (Phi) is 3.44. The van der Waals surface area contributed by atoms with Gasteiger partial charge in [0.05, 0.1) is 0 Å². The van der Waals surface area contributed by atoms with Gasteiger partial charge in [-0.1, -0.05) is 13.8 Å². The average molecular weight is 229 g/mol. The van der Waals surface area contributed by atoms with Gasteiger partial charge in [0.1, 0.15) is 11.8 Å². The van der Waals surface area contributed by atoms with Crippen LogP contribution >= 0.6 is 0 Å². The second-order valence-electron chi connectivity index (χ2n) is 5.64. The van der Waals surface area contributed by atoms with Gasteiger partial charge >= 0.3 is 0 Å². The summed E-state index contributed by atoms with van der Waals surface area (Å²) in [6, 6.07) is 5.98. The van der Waals surface area contributed by atoms with E-state index in [1.54, 1.807) is 6.20 Å². The van der Waals surface area contributed by atoms with Crippen LogP contribution in [0.15, 0.2) is 18.3 Å². The third-order valence-electron chi connectivity index (χ3n) is 3.32. The molecule has 1 aromatic heterocycles. The Balaban J connectivity index is 2.03. The maximum Gasteiger partial charge on any atom is 0.140 e. The third kappa shape index (κ3) is 3.28. The van der Waals surface area contributed by atoms with E-state index in [-0.39, 0.29) is 0 Å². The molecule has 1 aliphatic heterocycles. The molecule has 0 radical (unpaired) electrons. The molecule has 90 valence electrons. The van der Waals surface area contributed by atoms with Gasteiger partial charge in [-0.2, -0.15) is 5.26 Å². The van der Waals surface area contributed by atoms with Crippen molar-refractivity contribution in [3.8, 4) is 6.07 Å². The fraction of sp³-hybridized carbons (Fsp3) is 0.571. The van der Waals surface area contributed by atoms with E-state index >= 15 is 0 Å². The summed E-state index contributed by atoms with van der Waals surface area (Å²) in [6.45, 7) is 7.88. The summed E-state index contributed by atoms with van der Waals surface area (Å²) in [4.78, 5) is 6.47. The van der Waals surface area contributed by atoms with Gasteiger partial charge in [0.15, 0.2) is 0 Å². The first-order valence-corrected chi connectivity index (χ1v) is 6.16. The monoisotopic (exact) mass is 229 g/mol. The molecule has 0 aliphatic carbocycles. The van der Waals surface area contributed by atoms with E-state index in [1.165, 1.54) is 18.4 Å². The van der Waals surface area contributed by atoms with E-state index in [0.29, 0.717) is 11.1 Å². The lowest BCUT2D eigenvalue weighted by Crippen LogP contribution is -2.39. The normalized spacial score (nSPS) is 19.8. The first-order chi connectivity index (χ1) is 8.09. The lowest BCUT2D eigenvalue weighted by Gasteiger charge is -2.38. The Labute approximate surface area is 103 Å². The van der Waals surface area contributed by atoms with Crippen molar-refractivity contribution < 1.29 is 0 Å². The predicted molar refractivity (Wildman–Crippen MR) is 67.2 cm³/mol. The third-order valence-corrected chi connectivity index (χ3v) is 3.32. The summed E-state index contributed by atoms with van der Waals surface area (Å²) >= 11 is 0. The molecule has 1 saturated heterocycles. The van der Waals surface area contributed by atoms with Crippen LogP contribution in [0.4, 0.5) is 0 Å². The summed E-state index contributed by atoms with van der Waals surface area (Å²) in [6.07, 6.45) is 4.30. The first kappa shape index (κ1) is 12.1.